The molecule has 1 unspecified atom stereocenters. The van der Waals surface area contributed by atoms with Gasteiger partial charge in [-0.2, -0.15) is 4.98 Å². The van der Waals surface area contributed by atoms with Crippen LogP contribution in [-0.4, -0.2) is 68.5 Å². The van der Waals surface area contributed by atoms with Crippen molar-refractivity contribution >= 4 is 5.95 Å². The van der Waals surface area contributed by atoms with Gasteiger partial charge in [0.25, 0.3) is 0 Å². The molecule has 0 spiro atoms. The molecule has 2 fully saturated rings. The molecule has 2 bridgehead atoms. The summed E-state index contributed by atoms with van der Waals surface area (Å²) in [6, 6.07) is -0.924. The number of ether oxygens (including phenoxy) is 2. The molecule has 2 aliphatic rings. The minimum Gasteiger partial charge on any atom is -0.388 e. The van der Waals surface area contributed by atoms with Crippen LogP contribution in [0.15, 0.2) is 9.59 Å². The Morgan fingerprint density at radius 3 is 2.86 bits per heavy atom. The number of hydrogen-bond donors (Lipinski definition) is 6. The van der Waals surface area contributed by atoms with Gasteiger partial charge in [0.15, 0.2) is 6.29 Å². The van der Waals surface area contributed by atoms with Gasteiger partial charge >= 0.3 is 11.4 Å². The van der Waals surface area contributed by atoms with E-state index in [0.29, 0.717) is 0 Å². The van der Waals surface area contributed by atoms with E-state index in [4.69, 9.17) is 15.2 Å². The summed E-state index contributed by atoms with van der Waals surface area (Å²) < 4.78 is 10.9. The quantitative estimate of drug-likeness (QED) is 0.325. The molecule has 2 aliphatic heterocycles. The van der Waals surface area contributed by atoms with Crippen LogP contribution in [0.3, 0.4) is 0 Å². The van der Waals surface area contributed by atoms with Crippen LogP contribution in [-0.2, 0) is 9.47 Å². The van der Waals surface area contributed by atoms with Crippen LogP contribution in [0.4, 0.5) is 5.95 Å². The fourth-order valence-corrected chi connectivity index (χ4v) is 2.52. The van der Waals surface area contributed by atoms with Crippen molar-refractivity contribution in [2.24, 2.45) is 5.73 Å². The summed E-state index contributed by atoms with van der Waals surface area (Å²) in [5.41, 5.74) is 2.80. The van der Waals surface area contributed by atoms with Gasteiger partial charge in [0.2, 0.25) is 5.95 Å². The number of nitrogens with zero attached hydrogens (tertiary/aromatic N) is 1. The maximum absolute atomic E-state index is 11.2. The fraction of sp³-hybridized carbons (Fsp3) is 0.700. The zero-order valence-electron chi connectivity index (χ0n) is 10.8. The van der Waals surface area contributed by atoms with E-state index in [2.05, 4.69) is 15.3 Å². The maximum Gasteiger partial charge on any atom is 0.352 e. The van der Waals surface area contributed by atoms with Gasteiger partial charge in [0.05, 0.1) is 6.61 Å². The summed E-state index contributed by atoms with van der Waals surface area (Å²) in [6.07, 6.45) is -3.46. The lowest BCUT2D eigenvalue weighted by Gasteiger charge is -2.42. The van der Waals surface area contributed by atoms with Gasteiger partial charge in [-0.1, -0.05) is 0 Å². The molecule has 11 heteroatoms. The lowest BCUT2D eigenvalue weighted by atomic mass is 9.88. The largest absolute Gasteiger partial charge is 0.388 e. The van der Waals surface area contributed by atoms with Crippen LogP contribution >= 0.6 is 0 Å². The number of aromatic amines is 2. The molecule has 5 atom stereocenters. The highest BCUT2D eigenvalue weighted by molar-refractivity contribution is 5.27. The van der Waals surface area contributed by atoms with Crippen molar-refractivity contribution in [1.29, 1.82) is 0 Å². The molecule has 0 radical (unpaired) electrons. The van der Waals surface area contributed by atoms with Crippen LogP contribution in [0.1, 0.15) is 0 Å². The van der Waals surface area contributed by atoms with E-state index >= 15 is 0 Å². The first-order valence-electron chi connectivity index (χ1n) is 6.28. The van der Waals surface area contributed by atoms with E-state index in [1.54, 1.807) is 0 Å². The number of H-pyrrole nitrogens is 2. The van der Waals surface area contributed by atoms with E-state index in [9.17, 15) is 19.8 Å². The number of fused-ring (bicyclic) bond motifs is 2. The molecule has 3 rings (SSSR count). The standard InChI is InChI=1S/C10H15N5O6/c11-1-10-2-20-6(21-10)3(4(16)5(10)17)12-7-13-8(18)15-9(19)14-7/h3-6,16-17H,1-2,11H2,(H3,12,13,14,15,18,19)/t3-,4-,5-,6?,10+/m1/s1. The molecule has 0 aliphatic carbocycles. The first kappa shape index (κ1) is 14.2. The number of aliphatic hydroxyl groups excluding tert-OH is 2. The maximum atomic E-state index is 11.2. The molecule has 0 amide bonds. The summed E-state index contributed by atoms with van der Waals surface area (Å²) in [4.78, 5) is 30.0. The van der Waals surface area contributed by atoms with Crippen molar-refractivity contribution in [3.05, 3.63) is 21.0 Å². The van der Waals surface area contributed by atoms with Crippen molar-refractivity contribution in [3.63, 3.8) is 0 Å². The van der Waals surface area contributed by atoms with E-state index in [1.807, 2.05) is 4.98 Å². The van der Waals surface area contributed by atoms with E-state index in [-0.39, 0.29) is 19.1 Å². The first-order chi connectivity index (χ1) is 9.95. The molecule has 2 saturated heterocycles. The second-order valence-electron chi connectivity index (χ2n) is 5.02. The normalized spacial score (nSPS) is 38.4. The Bertz CT molecular complexity index is 617. The third-order valence-corrected chi connectivity index (χ3v) is 3.68. The second-order valence-corrected chi connectivity index (χ2v) is 5.02. The van der Waals surface area contributed by atoms with Gasteiger partial charge in [-0.15, -0.1) is 0 Å². The predicted molar refractivity (Wildman–Crippen MR) is 67.5 cm³/mol. The van der Waals surface area contributed by atoms with Gasteiger partial charge in [-0.05, 0) is 0 Å². The van der Waals surface area contributed by atoms with Crippen LogP contribution in [0, 0.1) is 0 Å². The molecule has 0 saturated carbocycles. The van der Waals surface area contributed by atoms with Crippen LogP contribution in [0.5, 0.6) is 0 Å². The zero-order chi connectivity index (χ0) is 15.2. The van der Waals surface area contributed by atoms with Crippen molar-refractivity contribution in [3.8, 4) is 0 Å². The summed E-state index contributed by atoms with van der Waals surface area (Å²) in [5.74, 6) is -0.167. The molecule has 3 heterocycles. The lowest BCUT2D eigenvalue weighted by Crippen LogP contribution is -2.65. The average molecular weight is 301 g/mol. The minimum atomic E-state index is -1.28. The van der Waals surface area contributed by atoms with Gasteiger partial charge in [-0.25, -0.2) is 9.59 Å². The van der Waals surface area contributed by atoms with E-state index < -0.39 is 41.5 Å². The SMILES string of the molecule is NC[C@@]12COC(O1)[C@H](Nc1nc(=O)[nH]c(=O)[nH]1)[C@@H](O)[C@H]2O. The lowest BCUT2D eigenvalue weighted by molar-refractivity contribution is -0.211. The highest BCUT2D eigenvalue weighted by Gasteiger charge is 2.58. The van der Waals surface area contributed by atoms with Gasteiger partial charge in [0, 0.05) is 6.54 Å². The summed E-state index contributed by atoms with van der Waals surface area (Å²) >= 11 is 0. The Hall–Kier alpha value is -1.79. The Morgan fingerprint density at radius 1 is 1.43 bits per heavy atom. The van der Waals surface area contributed by atoms with Crippen LogP contribution in [0.2, 0.25) is 0 Å². The topological polar surface area (TPSA) is 176 Å². The highest BCUT2D eigenvalue weighted by atomic mass is 16.7. The average Bonchev–Trinajstić information content (AvgIpc) is 2.83. The van der Waals surface area contributed by atoms with Crippen LogP contribution < -0.4 is 22.4 Å². The van der Waals surface area contributed by atoms with Gasteiger partial charge < -0.3 is 30.7 Å². The molecular formula is C10H15N5O6. The monoisotopic (exact) mass is 301 g/mol. The molecule has 1 aromatic heterocycles. The molecular weight excluding hydrogens is 286 g/mol. The fourth-order valence-electron chi connectivity index (χ4n) is 2.52. The van der Waals surface area contributed by atoms with Crippen LogP contribution in [0.25, 0.3) is 0 Å². The molecule has 116 valence electrons. The number of nitrogens with one attached hydrogen (secondary N) is 3. The number of nitrogens with two attached hydrogens (primary N) is 1. The third-order valence-electron chi connectivity index (χ3n) is 3.68. The van der Waals surface area contributed by atoms with E-state index in [1.165, 1.54) is 0 Å². The highest BCUT2D eigenvalue weighted by Crippen LogP contribution is 2.36. The zero-order valence-corrected chi connectivity index (χ0v) is 10.8. The minimum absolute atomic E-state index is 0.0193. The van der Waals surface area contributed by atoms with Gasteiger partial charge in [0.1, 0.15) is 23.9 Å². The van der Waals surface area contributed by atoms with E-state index in [0.717, 1.165) is 0 Å². The number of rotatable bonds is 3. The van der Waals surface area contributed by atoms with Crippen molar-refractivity contribution in [2.45, 2.75) is 30.1 Å². The Balaban J connectivity index is 1.86. The molecule has 11 nitrogen and oxygen atoms in total. The number of anilines is 1. The number of aliphatic hydroxyl groups is 2. The first-order valence-corrected chi connectivity index (χ1v) is 6.28. The molecule has 0 aromatic carbocycles. The summed E-state index contributed by atoms with van der Waals surface area (Å²) in [7, 11) is 0. The Morgan fingerprint density at radius 2 is 2.19 bits per heavy atom. The summed E-state index contributed by atoms with van der Waals surface area (Å²) in [6.45, 7) is 0.0123. The number of aromatic nitrogens is 3. The van der Waals surface area contributed by atoms with Crippen molar-refractivity contribution in [2.75, 3.05) is 18.5 Å². The Kier molecular flexibility index (Phi) is 3.30. The molecule has 7 N–H and O–H groups in total. The second kappa shape index (κ2) is 4.89. The number of hydrogen-bond acceptors (Lipinski definition) is 9. The Labute approximate surface area is 117 Å². The summed E-state index contributed by atoms with van der Waals surface area (Å²) in [5, 5.41) is 22.9. The van der Waals surface area contributed by atoms with Crippen molar-refractivity contribution < 1.29 is 19.7 Å². The van der Waals surface area contributed by atoms with Crippen molar-refractivity contribution in [1.82, 2.24) is 15.0 Å². The predicted octanol–water partition coefficient (Wildman–Crippen LogP) is -3.96. The molecule has 1 aromatic rings. The van der Waals surface area contributed by atoms with Gasteiger partial charge in [-0.3, -0.25) is 9.97 Å². The third kappa shape index (κ3) is 2.24. The smallest absolute Gasteiger partial charge is 0.352 e. The molecule has 21 heavy (non-hydrogen) atoms.